The Morgan fingerprint density at radius 3 is 2.89 bits per heavy atom. The Morgan fingerprint density at radius 1 is 1.32 bits per heavy atom. The molecule has 0 spiro atoms. The van der Waals surface area contributed by atoms with E-state index in [4.69, 9.17) is 4.74 Å². The summed E-state index contributed by atoms with van der Waals surface area (Å²) in [5, 5.41) is 7.11. The van der Waals surface area contributed by atoms with Gasteiger partial charge in [0.2, 0.25) is 0 Å². The van der Waals surface area contributed by atoms with Crippen molar-refractivity contribution in [3.8, 4) is 23.1 Å². The lowest BCUT2D eigenvalue weighted by molar-refractivity contribution is 0.414. The Morgan fingerprint density at radius 2 is 2.21 bits per heavy atom. The zero-order chi connectivity index (χ0) is 13.2. The molecule has 0 saturated heterocycles. The standard InChI is InChI=1S/C13H13N5O/c1-9-7-10(19-2)3-4-11(9)12-15-13(17-16-12)18-6-5-14-8-18/h3-8H,1-2H3,(H,15,16,17). The summed E-state index contributed by atoms with van der Waals surface area (Å²) in [4.78, 5) is 8.43. The molecular formula is C13H13N5O. The van der Waals surface area contributed by atoms with E-state index >= 15 is 0 Å². The number of H-pyrrole nitrogens is 1. The molecule has 0 atom stereocenters. The summed E-state index contributed by atoms with van der Waals surface area (Å²) >= 11 is 0. The fourth-order valence-electron chi connectivity index (χ4n) is 1.90. The molecule has 0 fully saturated rings. The molecule has 2 aromatic heterocycles. The Kier molecular flexibility index (Phi) is 2.75. The molecule has 1 N–H and O–H groups in total. The van der Waals surface area contributed by atoms with Gasteiger partial charge in [-0.3, -0.25) is 9.67 Å². The second-order valence-electron chi connectivity index (χ2n) is 4.13. The minimum atomic E-state index is 0.572. The second-order valence-corrected chi connectivity index (χ2v) is 4.13. The fraction of sp³-hybridized carbons (Fsp3) is 0.154. The third kappa shape index (κ3) is 2.08. The summed E-state index contributed by atoms with van der Waals surface area (Å²) in [6.45, 7) is 2.01. The zero-order valence-electron chi connectivity index (χ0n) is 10.7. The maximum absolute atomic E-state index is 5.19. The molecule has 3 aromatic rings. The van der Waals surface area contributed by atoms with Crippen molar-refractivity contribution in [1.29, 1.82) is 0 Å². The monoisotopic (exact) mass is 255 g/mol. The van der Waals surface area contributed by atoms with Crippen LogP contribution < -0.4 is 4.74 Å². The van der Waals surface area contributed by atoms with Gasteiger partial charge in [0, 0.05) is 18.0 Å². The van der Waals surface area contributed by atoms with E-state index in [2.05, 4.69) is 20.2 Å². The summed E-state index contributed by atoms with van der Waals surface area (Å²) in [6.07, 6.45) is 5.15. The third-order valence-corrected chi connectivity index (χ3v) is 2.90. The number of benzene rings is 1. The van der Waals surface area contributed by atoms with Crippen molar-refractivity contribution in [3.05, 3.63) is 42.5 Å². The van der Waals surface area contributed by atoms with E-state index in [1.165, 1.54) is 0 Å². The van der Waals surface area contributed by atoms with Crippen LogP contribution >= 0.6 is 0 Å². The van der Waals surface area contributed by atoms with Gasteiger partial charge in [-0.05, 0) is 30.7 Å². The van der Waals surface area contributed by atoms with E-state index in [1.807, 2.05) is 25.1 Å². The number of methoxy groups -OCH3 is 1. The van der Waals surface area contributed by atoms with Gasteiger partial charge in [-0.2, -0.15) is 4.98 Å². The first-order chi connectivity index (χ1) is 9.28. The number of hydrogen-bond acceptors (Lipinski definition) is 4. The molecule has 19 heavy (non-hydrogen) atoms. The van der Waals surface area contributed by atoms with Gasteiger partial charge in [-0.25, -0.2) is 4.98 Å². The highest BCUT2D eigenvalue weighted by molar-refractivity contribution is 5.61. The Hall–Kier alpha value is -2.63. The van der Waals surface area contributed by atoms with Crippen LogP contribution in [-0.2, 0) is 0 Å². The van der Waals surface area contributed by atoms with Crippen LogP contribution in [0.1, 0.15) is 5.56 Å². The summed E-state index contributed by atoms with van der Waals surface area (Å²) in [5.41, 5.74) is 2.08. The molecule has 2 heterocycles. The van der Waals surface area contributed by atoms with Crippen molar-refractivity contribution < 1.29 is 4.74 Å². The fourth-order valence-corrected chi connectivity index (χ4v) is 1.90. The van der Waals surface area contributed by atoms with Crippen molar-refractivity contribution in [2.45, 2.75) is 6.92 Å². The predicted octanol–water partition coefficient (Wildman–Crippen LogP) is 1.97. The first-order valence-corrected chi connectivity index (χ1v) is 5.83. The minimum absolute atomic E-state index is 0.572. The minimum Gasteiger partial charge on any atom is -0.497 e. The number of imidazole rings is 1. The van der Waals surface area contributed by atoms with Crippen LogP contribution in [0.5, 0.6) is 5.75 Å². The Labute approximate surface area is 110 Å². The van der Waals surface area contributed by atoms with Crippen LogP contribution in [0, 0.1) is 6.92 Å². The van der Waals surface area contributed by atoms with Crippen molar-refractivity contribution in [2.24, 2.45) is 0 Å². The van der Waals surface area contributed by atoms with Crippen LogP contribution in [0.4, 0.5) is 0 Å². The molecule has 0 aliphatic heterocycles. The molecule has 1 aromatic carbocycles. The van der Waals surface area contributed by atoms with Crippen molar-refractivity contribution in [2.75, 3.05) is 7.11 Å². The van der Waals surface area contributed by atoms with Gasteiger partial charge in [0.25, 0.3) is 5.95 Å². The van der Waals surface area contributed by atoms with Crippen molar-refractivity contribution >= 4 is 0 Å². The largest absolute Gasteiger partial charge is 0.497 e. The Balaban J connectivity index is 1.99. The highest BCUT2D eigenvalue weighted by Crippen LogP contribution is 2.24. The van der Waals surface area contributed by atoms with Gasteiger partial charge in [-0.15, -0.1) is 5.10 Å². The van der Waals surface area contributed by atoms with E-state index in [1.54, 1.807) is 30.4 Å². The maximum Gasteiger partial charge on any atom is 0.254 e. The summed E-state index contributed by atoms with van der Waals surface area (Å²) < 4.78 is 6.94. The number of aryl methyl sites for hydroxylation is 1. The molecule has 0 aliphatic carbocycles. The molecule has 3 rings (SSSR count). The average molecular weight is 255 g/mol. The van der Waals surface area contributed by atoms with Crippen molar-refractivity contribution in [3.63, 3.8) is 0 Å². The van der Waals surface area contributed by atoms with Crippen LogP contribution in [0.2, 0.25) is 0 Å². The van der Waals surface area contributed by atoms with Crippen LogP contribution in [-0.4, -0.2) is 31.8 Å². The molecule has 0 bridgehead atoms. The lowest BCUT2D eigenvalue weighted by atomic mass is 10.1. The first-order valence-electron chi connectivity index (χ1n) is 5.83. The number of aromatic amines is 1. The number of nitrogens with one attached hydrogen (secondary N) is 1. The van der Waals surface area contributed by atoms with E-state index < -0.39 is 0 Å². The number of aromatic nitrogens is 5. The molecule has 6 heteroatoms. The van der Waals surface area contributed by atoms with E-state index in [0.717, 1.165) is 22.7 Å². The van der Waals surface area contributed by atoms with Crippen LogP contribution in [0.15, 0.2) is 36.9 Å². The predicted molar refractivity (Wildman–Crippen MR) is 70.2 cm³/mol. The van der Waals surface area contributed by atoms with Gasteiger partial charge in [0.05, 0.1) is 7.11 Å². The molecule has 0 unspecified atom stereocenters. The smallest absolute Gasteiger partial charge is 0.254 e. The molecule has 0 saturated carbocycles. The lowest BCUT2D eigenvalue weighted by Crippen LogP contribution is -1.92. The molecule has 0 radical (unpaired) electrons. The molecule has 96 valence electrons. The number of hydrogen-bond donors (Lipinski definition) is 1. The van der Waals surface area contributed by atoms with E-state index in [0.29, 0.717) is 5.95 Å². The zero-order valence-corrected chi connectivity index (χ0v) is 10.7. The quantitative estimate of drug-likeness (QED) is 0.777. The maximum atomic E-state index is 5.19. The van der Waals surface area contributed by atoms with Crippen LogP contribution in [0.25, 0.3) is 17.3 Å². The highest BCUT2D eigenvalue weighted by atomic mass is 16.5. The van der Waals surface area contributed by atoms with Gasteiger partial charge in [0.15, 0.2) is 5.82 Å². The van der Waals surface area contributed by atoms with Gasteiger partial charge >= 0.3 is 0 Å². The average Bonchev–Trinajstić information content (AvgIpc) is 3.09. The van der Waals surface area contributed by atoms with Gasteiger partial charge in [0.1, 0.15) is 12.1 Å². The van der Waals surface area contributed by atoms with Crippen LogP contribution in [0.3, 0.4) is 0 Å². The highest BCUT2D eigenvalue weighted by Gasteiger charge is 2.09. The normalized spacial score (nSPS) is 10.6. The summed E-state index contributed by atoms with van der Waals surface area (Å²) in [7, 11) is 1.65. The number of rotatable bonds is 3. The molecular weight excluding hydrogens is 242 g/mol. The number of ether oxygens (including phenoxy) is 1. The summed E-state index contributed by atoms with van der Waals surface area (Å²) in [6, 6.07) is 5.84. The van der Waals surface area contributed by atoms with Crippen molar-refractivity contribution in [1.82, 2.24) is 24.7 Å². The topological polar surface area (TPSA) is 68.6 Å². The van der Waals surface area contributed by atoms with Gasteiger partial charge < -0.3 is 4.74 Å². The number of nitrogens with zero attached hydrogens (tertiary/aromatic N) is 4. The molecule has 0 amide bonds. The van der Waals surface area contributed by atoms with E-state index in [-0.39, 0.29) is 0 Å². The molecule has 6 nitrogen and oxygen atoms in total. The van der Waals surface area contributed by atoms with Gasteiger partial charge in [-0.1, -0.05) is 0 Å². The first kappa shape index (κ1) is 11.5. The Bertz CT molecular complexity index is 687. The lowest BCUT2D eigenvalue weighted by Gasteiger charge is -2.04. The molecule has 0 aliphatic rings. The second kappa shape index (κ2) is 4.56. The third-order valence-electron chi connectivity index (χ3n) is 2.90. The summed E-state index contributed by atoms with van der Waals surface area (Å²) in [5.74, 6) is 2.13. The SMILES string of the molecule is COc1ccc(-c2nc(-n3ccnc3)n[nH]2)c(C)c1. The van der Waals surface area contributed by atoms with E-state index in [9.17, 15) is 0 Å².